The first kappa shape index (κ1) is 18.3. The van der Waals surface area contributed by atoms with Crippen molar-refractivity contribution in [2.45, 2.75) is 59.1 Å². The molecule has 1 heterocycles. The maximum Gasteiger partial charge on any atom is 0.329 e. The van der Waals surface area contributed by atoms with Crippen molar-refractivity contribution in [1.82, 2.24) is 4.90 Å². The van der Waals surface area contributed by atoms with Crippen LogP contribution in [0.25, 0.3) is 0 Å². The normalized spacial score (nSPS) is 17.7. The molecule has 0 unspecified atom stereocenters. The molecule has 1 atom stereocenters. The largest absolute Gasteiger partial charge is 0.483 e. The molecule has 0 saturated carbocycles. The summed E-state index contributed by atoms with van der Waals surface area (Å²) >= 11 is 0. The molecule has 0 aromatic heterocycles. The van der Waals surface area contributed by atoms with E-state index < -0.39 is 11.6 Å². The molecule has 5 heteroatoms. The average Bonchev–Trinajstić information content (AvgIpc) is 2.94. The van der Waals surface area contributed by atoms with Crippen LogP contribution in [0.3, 0.4) is 0 Å². The lowest BCUT2D eigenvalue weighted by molar-refractivity contribution is -0.163. The van der Waals surface area contributed by atoms with Gasteiger partial charge in [0.1, 0.15) is 17.4 Å². The highest BCUT2D eigenvalue weighted by Gasteiger charge is 2.37. The zero-order valence-corrected chi connectivity index (χ0v) is 15.2. The molecule has 1 aromatic rings. The number of amides is 1. The molecule has 0 bridgehead atoms. The van der Waals surface area contributed by atoms with Crippen molar-refractivity contribution in [1.29, 1.82) is 0 Å². The van der Waals surface area contributed by atoms with Gasteiger partial charge in [0.2, 0.25) is 0 Å². The molecule has 0 aliphatic carbocycles. The van der Waals surface area contributed by atoms with E-state index in [1.54, 1.807) is 4.90 Å². The second-order valence-corrected chi connectivity index (χ2v) is 7.29. The van der Waals surface area contributed by atoms with E-state index in [0.29, 0.717) is 13.0 Å². The molecule has 132 valence electrons. The summed E-state index contributed by atoms with van der Waals surface area (Å²) in [7, 11) is 0. The molecule has 1 saturated heterocycles. The number of hydrogen-bond acceptors (Lipinski definition) is 4. The van der Waals surface area contributed by atoms with Gasteiger partial charge >= 0.3 is 5.97 Å². The molecule has 0 N–H and O–H groups in total. The SMILES string of the molecule is Cc1cccc(C)c1OCC(=O)N1CCC[C@H]1C(=O)OC(C)(C)C. The number of aryl methyl sites for hydroxylation is 2. The number of benzene rings is 1. The Labute approximate surface area is 143 Å². The van der Waals surface area contributed by atoms with Gasteiger partial charge in [0.05, 0.1) is 0 Å². The number of rotatable bonds is 4. The van der Waals surface area contributed by atoms with Gasteiger partial charge in [-0.2, -0.15) is 0 Å². The maximum absolute atomic E-state index is 12.5. The van der Waals surface area contributed by atoms with Crippen molar-refractivity contribution in [3.05, 3.63) is 29.3 Å². The monoisotopic (exact) mass is 333 g/mol. The molecular formula is C19H27NO4. The molecule has 1 aliphatic rings. The number of hydrogen-bond donors (Lipinski definition) is 0. The molecule has 1 aromatic carbocycles. The van der Waals surface area contributed by atoms with Crippen molar-refractivity contribution < 1.29 is 19.1 Å². The highest BCUT2D eigenvalue weighted by molar-refractivity contribution is 5.86. The van der Waals surface area contributed by atoms with Crippen LogP contribution in [0.4, 0.5) is 0 Å². The van der Waals surface area contributed by atoms with E-state index in [1.165, 1.54) is 0 Å². The van der Waals surface area contributed by atoms with Gasteiger partial charge in [0.25, 0.3) is 5.91 Å². The third kappa shape index (κ3) is 4.49. The maximum atomic E-state index is 12.5. The molecule has 24 heavy (non-hydrogen) atoms. The van der Waals surface area contributed by atoms with E-state index in [0.717, 1.165) is 23.3 Å². The Kier molecular flexibility index (Phi) is 5.52. The summed E-state index contributed by atoms with van der Waals surface area (Å²) in [5, 5.41) is 0. The minimum absolute atomic E-state index is 0.0645. The van der Waals surface area contributed by atoms with Crippen molar-refractivity contribution in [3.8, 4) is 5.75 Å². The van der Waals surface area contributed by atoms with Gasteiger partial charge in [-0.1, -0.05) is 18.2 Å². The first-order valence-electron chi connectivity index (χ1n) is 8.40. The molecule has 1 aliphatic heterocycles. The average molecular weight is 333 g/mol. The lowest BCUT2D eigenvalue weighted by Crippen LogP contribution is -2.45. The summed E-state index contributed by atoms with van der Waals surface area (Å²) < 4.78 is 11.2. The summed E-state index contributed by atoms with van der Waals surface area (Å²) in [6, 6.07) is 5.36. The molecule has 2 rings (SSSR count). The van der Waals surface area contributed by atoms with Crippen LogP contribution >= 0.6 is 0 Å². The lowest BCUT2D eigenvalue weighted by Gasteiger charge is -2.27. The number of likely N-dealkylation sites (tertiary alicyclic amines) is 1. The smallest absolute Gasteiger partial charge is 0.329 e. The van der Waals surface area contributed by atoms with Gasteiger partial charge in [0, 0.05) is 6.54 Å². The van der Waals surface area contributed by atoms with E-state index in [1.807, 2.05) is 52.8 Å². The minimum atomic E-state index is -0.552. The molecule has 5 nitrogen and oxygen atoms in total. The number of carbonyl (C=O) groups excluding carboxylic acids is 2. The minimum Gasteiger partial charge on any atom is -0.483 e. The number of esters is 1. The number of nitrogens with zero attached hydrogens (tertiary/aromatic N) is 1. The summed E-state index contributed by atoms with van der Waals surface area (Å²) in [6.45, 7) is 9.89. The second-order valence-electron chi connectivity index (χ2n) is 7.29. The van der Waals surface area contributed by atoms with E-state index in [-0.39, 0.29) is 18.5 Å². The first-order valence-corrected chi connectivity index (χ1v) is 8.40. The van der Waals surface area contributed by atoms with Gasteiger partial charge < -0.3 is 14.4 Å². The Balaban J connectivity index is 1.99. The van der Waals surface area contributed by atoms with Crippen LogP contribution in [0.2, 0.25) is 0 Å². The quantitative estimate of drug-likeness (QED) is 0.795. The van der Waals surface area contributed by atoms with Gasteiger partial charge in [-0.3, -0.25) is 4.79 Å². The summed E-state index contributed by atoms with van der Waals surface area (Å²) in [6.07, 6.45) is 1.45. The van der Waals surface area contributed by atoms with Gasteiger partial charge in [-0.25, -0.2) is 4.79 Å². The Morgan fingerprint density at radius 1 is 1.21 bits per heavy atom. The van der Waals surface area contributed by atoms with Gasteiger partial charge in [-0.15, -0.1) is 0 Å². The number of para-hydroxylation sites is 1. The van der Waals surface area contributed by atoms with Crippen molar-refractivity contribution >= 4 is 11.9 Å². The third-order valence-electron chi connectivity index (χ3n) is 4.00. The topological polar surface area (TPSA) is 55.8 Å². The van der Waals surface area contributed by atoms with E-state index >= 15 is 0 Å². The summed E-state index contributed by atoms with van der Waals surface area (Å²) in [4.78, 5) is 26.4. The van der Waals surface area contributed by atoms with E-state index in [9.17, 15) is 9.59 Å². The zero-order valence-electron chi connectivity index (χ0n) is 15.2. The Bertz CT molecular complexity index is 598. The standard InChI is InChI=1S/C19H27NO4/c1-13-8-6-9-14(2)17(13)23-12-16(21)20-11-7-10-15(20)18(22)24-19(3,4)5/h6,8-9,15H,7,10-12H2,1-5H3/t15-/m0/s1. The molecule has 1 amide bonds. The van der Waals surface area contributed by atoms with Crippen molar-refractivity contribution in [2.75, 3.05) is 13.2 Å². The molecule has 1 fully saturated rings. The van der Waals surface area contributed by atoms with Crippen LogP contribution in [0, 0.1) is 13.8 Å². The third-order valence-corrected chi connectivity index (χ3v) is 4.00. The first-order chi connectivity index (χ1) is 11.2. The van der Waals surface area contributed by atoms with Crippen LogP contribution in [0.5, 0.6) is 5.75 Å². The highest BCUT2D eigenvalue weighted by Crippen LogP contribution is 2.24. The zero-order chi connectivity index (χ0) is 17.9. The van der Waals surface area contributed by atoms with E-state index in [4.69, 9.17) is 9.47 Å². The fraction of sp³-hybridized carbons (Fsp3) is 0.579. The van der Waals surface area contributed by atoms with Crippen molar-refractivity contribution in [2.24, 2.45) is 0 Å². The Morgan fingerprint density at radius 2 is 1.83 bits per heavy atom. The summed E-state index contributed by atoms with van der Waals surface area (Å²) in [5.74, 6) is 0.227. The van der Waals surface area contributed by atoms with Gasteiger partial charge in [-0.05, 0) is 58.6 Å². The lowest BCUT2D eigenvalue weighted by atomic mass is 10.1. The predicted octanol–water partition coefficient (Wildman–Crippen LogP) is 3.01. The molecular weight excluding hydrogens is 306 g/mol. The fourth-order valence-corrected chi connectivity index (χ4v) is 2.92. The second kappa shape index (κ2) is 7.24. The number of carbonyl (C=O) groups is 2. The van der Waals surface area contributed by atoms with Crippen LogP contribution in [-0.4, -0.2) is 41.6 Å². The Hall–Kier alpha value is -2.04. The van der Waals surface area contributed by atoms with Crippen LogP contribution < -0.4 is 4.74 Å². The fourth-order valence-electron chi connectivity index (χ4n) is 2.92. The molecule has 0 spiro atoms. The Morgan fingerprint density at radius 3 is 2.42 bits per heavy atom. The number of ether oxygens (including phenoxy) is 2. The summed E-state index contributed by atoms with van der Waals surface area (Å²) in [5.41, 5.74) is 1.43. The van der Waals surface area contributed by atoms with Crippen molar-refractivity contribution in [3.63, 3.8) is 0 Å². The van der Waals surface area contributed by atoms with E-state index in [2.05, 4.69) is 0 Å². The van der Waals surface area contributed by atoms with Crippen LogP contribution in [0.1, 0.15) is 44.7 Å². The molecule has 0 radical (unpaired) electrons. The van der Waals surface area contributed by atoms with Gasteiger partial charge in [0.15, 0.2) is 6.61 Å². The van der Waals surface area contributed by atoms with Crippen LogP contribution in [-0.2, 0) is 14.3 Å². The predicted molar refractivity (Wildman–Crippen MR) is 92.0 cm³/mol. The van der Waals surface area contributed by atoms with Crippen LogP contribution in [0.15, 0.2) is 18.2 Å². The highest BCUT2D eigenvalue weighted by atomic mass is 16.6.